The molecule has 0 spiro atoms. The zero-order chi connectivity index (χ0) is 11.0. The average Bonchev–Trinajstić information content (AvgIpc) is 2.78. The van der Waals surface area contributed by atoms with Crippen LogP contribution in [0, 0.1) is 11.3 Å². The van der Waals surface area contributed by atoms with Crippen LogP contribution in [-0.4, -0.2) is 25.0 Å². The molecule has 1 saturated carbocycles. The van der Waals surface area contributed by atoms with Crippen LogP contribution in [0.5, 0.6) is 0 Å². The summed E-state index contributed by atoms with van der Waals surface area (Å²) < 4.78 is 41.7. The molecule has 0 unspecified atom stereocenters. The van der Waals surface area contributed by atoms with E-state index in [2.05, 4.69) is 4.74 Å². The Morgan fingerprint density at radius 2 is 2.21 bits per heavy atom. The van der Waals surface area contributed by atoms with Crippen molar-refractivity contribution < 1.29 is 27.5 Å². The van der Waals surface area contributed by atoms with Crippen molar-refractivity contribution in [3.63, 3.8) is 0 Å². The molecule has 0 N–H and O–H groups in total. The van der Waals surface area contributed by atoms with Crippen LogP contribution in [0.25, 0.3) is 0 Å². The van der Waals surface area contributed by atoms with Crippen molar-refractivity contribution in [1.29, 1.82) is 0 Å². The van der Waals surface area contributed by atoms with E-state index in [-0.39, 0.29) is 12.9 Å². The van der Waals surface area contributed by atoms with Gasteiger partial charge in [-0.2, -0.15) is 13.2 Å². The van der Waals surface area contributed by atoms with Gasteiger partial charge in [0.1, 0.15) is 6.29 Å². The Balaban J connectivity index is 2.87. The monoisotopic (exact) mass is 210 g/mol. The van der Waals surface area contributed by atoms with Gasteiger partial charge in [-0.05, 0) is 13.3 Å². The van der Waals surface area contributed by atoms with E-state index in [1.807, 2.05) is 0 Å². The number of alkyl halides is 3. The average molecular weight is 210 g/mol. The zero-order valence-corrected chi connectivity index (χ0v) is 7.43. The smallest absolute Gasteiger partial charge is 0.405 e. The van der Waals surface area contributed by atoms with Gasteiger partial charge in [-0.25, -0.2) is 0 Å². The third kappa shape index (κ3) is 1.38. The lowest BCUT2D eigenvalue weighted by Gasteiger charge is -2.17. The molecule has 0 aromatic heterocycles. The fourth-order valence-corrected chi connectivity index (χ4v) is 1.39. The molecule has 0 aromatic carbocycles. The summed E-state index contributed by atoms with van der Waals surface area (Å²) in [5.41, 5.74) is -2.56. The van der Waals surface area contributed by atoms with E-state index in [1.54, 1.807) is 0 Å². The summed E-state index contributed by atoms with van der Waals surface area (Å²) in [4.78, 5) is 21.3. The standard InChI is InChI=1S/C8H9F3O3/c1-2-14-6(13)7(8(9,10)11)3-5(7)4-12/h4-5H,2-3H2,1H3/t5-,7-/m0/s1. The van der Waals surface area contributed by atoms with Crippen LogP contribution >= 0.6 is 0 Å². The fraction of sp³-hybridized carbons (Fsp3) is 0.750. The SMILES string of the molecule is CCOC(=O)[C@]1(C(F)(F)F)C[C@H]1C=O. The number of aldehydes is 1. The topological polar surface area (TPSA) is 43.4 Å². The fourth-order valence-electron chi connectivity index (χ4n) is 1.39. The Hall–Kier alpha value is -1.07. The summed E-state index contributed by atoms with van der Waals surface area (Å²) in [5.74, 6) is -2.62. The molecule has 0 aromatic rings. The molecule has 0 aliphatic heterocycles. The molecule has 0 saturated heterocycles. The van der Waals surface area contributed by atoms with Crippen molar-refractivity contribution in [2.45, 2.75) is 19.5 Å². The largest absolute Gasteiger partial charge is 0.465 e. The zero-order valence-electron chi connectivity index (χ0n) is 7.43. The van der Waals surface area contributed by atoms with E-state index in [0.717, 1.165) is 0 Å². The highest BCUT2D eigenvalue weighted by atomic mass is 19.4. The lowest BCUT2D eigenvalue weighted by Crippen LogP contribution is -2.36. The van der Waals surface area contributed by atoms with Crippen LogP contribution in [0.1, 0.15) is 13.3 Å². The Kier molecular flexibility index (Phi) is 2.56. The Morgan fingerprint density at radius 3 is 2.50 bits per heavy atom. The quantitative estimate of drug-likeness (QED) is 0.521. The number of carbonyl (C=O) groups is 2. The molecule has 1 rings (SSSR count). The van der Waals surface area contributed by atoms with Crippen LogP contribution in [0.15, 0.2) is 0 Å². The molecular weight excluding hydrogens is 201 g/mol. The van der Waals surface area contributed by atoms with E-state index in [0.29, 0.717) is 0 Å². The summed E-state index contributed by atoms with van der Waals surface area (Å²) in [5, 5.41) is 0. The summed E-state index contributed by atoms with van der Waals surface area (Å²) >= 11 is 0. The third-order valence-electron chi connectivity index (χ3n) is 2.32. The van der Waals surface area contributed by atoms with E-state index in [4.69, 9.17) is 0 Å². The maximum atomic E-state index is 12.4. The molecular formula is C8H9F3O3. The lowest BCUT2D eigenvalue weighted by molar-refractivity contribution is -0.209. The van der Waals surface area contributed by atoms with Crippen LogP contribution < -0.4 is 0 Å². The van der Waals surface area contributed by atoms with E-state index < -0.39 is 29.9 Å². The van der Waals surface area contributed by atoms with E-state index >= 15 is 0 Å². The second-order valence-electron chi connectivity index (χ2n) is 3.14. The lowest BCUT2D eigenvalue weighted by atomic mass is 10.0. The number of rotatable bonds is 3. The number of hydrogen-bond acceptors (Lipinski definition) is 3. The van der Waals surface area contributed by atoms with E-state index in [9.17, 15) is 22.8 Å². The first-order valence-corrected chi connectivity index (χ1v) is 4.09. The first kappa shape index (κ1) is 11.0. The van der Waals surface area contributed by atoms with Gasteiger partial charge in [-0.1, -0.05) is 0 Å². The van der Waals surface area contributed by atoms with Crippen molar-refractivity contribution in [2.75, 3.05) is 6.61 Å². The molecule has 2 atom stereocenters. The van der Waals surface area contributed by atoms with Crippen LogP contribution in [0.4, 0.5) is 13.2 Å². The van der Waals surface area contributed by atoms with Crippen LogP contribution in [0.3, 0.4) is 0 Å². The summed E-state index contributed by atoms with van der Waals surface area (Å²) in [6.45, 7) is 1.29. The summed E-state index contributed by atoms with van der Waals surface area (Å²) in [6.07, 6.45) is -5.03. The number of hydrogen-bond donors (Lipinski definition) is 0. The Labute approximate surface area is 78.2 Å². The Bertz CT molecular complexity index is 261. The van der Waals surface area contributed by atoms with Gasteiger partial charge in [0.05, 0.1) is 6.61 Å². The summed E-state index contributed by atoms with van der Waals surface area (Å²) in [6, 6.07) is 0. The molecule has 0 amide bonds. The van der Waals surface area contributed by atoms with Crippen molar-refractivity contribution in [3.8, 4) is 0 Å². The molecule has 1 fully saturated rings. The van der Waals surface area contributed by atoms with Gasteiger partial charge in [0, 0.05) is 5.92 Å². The molecule has 6 heteroatoms. The molecule has 80 valence electrons. The van der Waals surface area contributed by atoms with Gasteiger partial charge >= 0.3 is 12.1 Å². The molecule has 0 heterocycles. The second-order valence-corrected chi connectivity index (χ2v) is 3.14. The van der Waals surface area contributed by atoms with Gasteiger partial charge in [0.25, 0.3) is 0 Å². The van der Waals surface area contributed by atoms with Crippen LogP contribution in [0.2, 0.25) is 0 Å². The third-order valence-corrected chi connectivity index (χ3v) is 2.32. The number of carbonyl (C=O) groups excluding carboxylic acids is 2. The van der Waals surface area contributed by atoms with Gasteiger partial charge in [0.2, 0.25) is 0 Å². The maximum Gasteiger partial charge on any atom is 0.405 e. The molecule has 1 aliphatic rings. The van der Waals surface area contributed by atoms with Crippen LogP contribution in [-0.2, 0) is 14.3 Å². The van der Waals surface area contributed by atoms with Gasteiger partial charge in [0.15, 0.2) is 5.41 Å². The predicted octanol–water partition coefficient (Wildman–Crippen LogP) is 1.32. The van der Waals surface area contributed by atoms with Crippen molar-refractivity contribution in [2.24, 2.45) is 11.3 Å². The highest BCUT2D eigenvalue weighted by molar-refractivity contribution is 5.87. The minimum Gasteiger partial charge on any atom is -0.465 e. The molecule has 0 radical (unpaired) electrons. The number of halogens is 3. The molecule has 1 aliphatic carbocycles. The number of esters is 1. The predicted molar refractivity (Wildman–Crippen MR) is 39.3 cm³/mol. The minimum absolute atomic E-state index is 0.123. The molecule has 14 heavy (non-hydrogen) atoms. The van der Waals surface area contributed by atoms with Crippen molar-refractivity contribution in [3.05, 3.63) is 0 Å². The number of ether oxygens (including phenoxy) is 1. The van der Waals surface area contributed by atoms with Crippen molar-refractivity contribution >= 4 is 12.3 Å². The highest BCUT2D eigenvalue weighted by Gasteiger charge is 2.76. The minimum atomic E-state index is -4.70. The first-order chi connectivity index (χ1) is 6.40. The first-order valence-electron chi connectivity index (χ1n) is 4.09. The normalized spacial score (nSPS) is 31.0. The van der Waals surface area contributed by atoms with Crippen molar-refractivity contribution in [1.82, 2.24) is 0 Å². The van der Waals surface area contributed by atoms with E-state index in [1.165, 1.54) is 6.92 Å². The second kappa shape index (κ2) is 3.25. The van der Waals surface area contributed by atoms with Gasteiger partial charge < -0.3 is 9.53 Å². The summed E-state index contributed by atoms with van der Waals surface area (Å²) in [7, 11) is 0. The molecule has 3 nitrogen and oxygen atoms in total. The Morgan fingerprint density at radius 1 is 1.64 bits per heavy atom. The van der Waals surface area contributed by atoms with Gasteiger partial charge in [-0.15, -0.1) is 0 Å². The maximum absolute atomic E-state index is 12.4. The van der Waals surface area contributed by atoms with Gasteiger partial charge in [-0.3, -0.25) is 4.79 Å². The highest BCUT2D eigenvalue weighted by Crippen LogP contribution is 2.62. The molecule has 0 bridgehead atoms.